The number of nitrogen functional groups attached to an aromatic ring is 1. The SMILES string of the molecule is CCN=C=N.NC(=O)c1cccnc1.Nc1ncnc2nc[nH]c12. The van der Waals surface area contributed by atoms with Gasteiger partial charge in [0.15, 0.2) is 11.5 Å². The fraction of sp³-hybridized carbons (Fsp3) is 0.143. The predicted octanol–water partition coefficient (Wildman–Crippen LogP) is 0.875. The van der Waals surface area contributed by atoms with E-state index >= 15 is 0 Å². The highest BCUT2D eigenvalue weighted by molar-refractivity contribution is 5.92. The van der Waals surface area contributed by atoms with Crippen molar-refractivity contribution in [2.45, 2.75) is 6.92 Å². The molecule has 0 atom stereocenters. The maximum atomic E-state index is 10.4. The average molecular weight is 327 g/mol. The molecule has 3 aromatic heterocycles. The van der Waals surface area contributed by atoms with Gasteiger partial charge in [-0.15, -0.1) is 0 Å². The van der Waals surface area contributed by atoms with Gasteiger partial charge in [0.2, 0.25) is 5.91 Å². The number of fused-ring (bicyclic) bond motifs is 1. The van der Waals surface area contributed by atoms with E-state index in [0.29, 0.717) is 29.1 Å². The van der Waals surface area contributed by atoms with Gasteiger partial charge in [-0.1, -0.05) is 0 Å². The summed E-state index contributed by atoms with van der Waals surface area (Å²) in [5.41, 5.74) is 12.2. The van der Waals surface area contributed by atoms with Crippen molar-refractivity contribution in [1.82, 2.24) is 24.9 Å². The molecular weight excluding hydrogens is 310 g/mol. The fourth-order valence-electron chi connectivity index (χ4n) is 1.37. The summed E-state index contributed by atoms with van der Waals surface area (Å²) in [7, 11) is 0. The number of hydrogen-bond acceptors (Lipinski definition) is 8. The first-order valence-corrected chi connectivity index (χ1v) is 6.77. The molecule has 0 aliphatic rings. The summed E-state index contributed by atoms with van der Waals surface area (Å²) in [6.45, 7) is 2.53. The first kappa shape index (κ1) is 18.4. The third-order valence-corrected chi connectivity index (χ3v) is 2.44. The van der Waals surface area contributed by atoms with Gasteiger partial charge in [-0.25, -0.2) is 25.4 Å². The molecule has 3 aromatic rings. The Morgan fingerprint density at radius 1 is 1.42 bits per heavy atom. The van der Waals surface area contributed by atoms with Gasteiger partial charge < -0.3 is 16.5 Å². The van der Waals surface area contributed by atoms with Crippen LogP contribution in [-0.2, 0) is 0 Å². The number of aromatic amines is 1. The number of nitrogens with two attached hydrogens (primary N) is 2. The normalized spacial score (nSPS) is 8.88. The van der Waals surface area contributed by atoms with Crippen LogP contribution in [0.5, 0.6) is 0 Å². The number of aliphatic imine (C=N–C) groups is 1. The summed E-state index contributed by atoms with van der Waals surface area (Å²) in [4.78, 5) is 31.8. The second-order valence-electron chi connectivity index (χ2n) is 4.05. The molecule has 0 radical (unpaired) electrons. The lowest BCUT2D eigenvalue weighted by Crippen LogP contribution is -2.10. The quantitative estimate of drug-likeness (QED) is 0.508. The van der Waals surface area contributed by atoms with Gasteiger partial charge >= 0.3 is 0 Å². The number of H-pyrrole nitrogens is 1. The van der Waals surface area contributed by atoms with Crippen molar-refractivity contribution < 1.29 is 4.79 Å². The highest BCUT2D eigenvalue weighted by atomic mass is 16.1. The lowest BCUT2D eigenvalue weighted by molar-refractivity contribution is 0.1000. The number of hydrogen-bond donors (Lipinski definition) is 4. The van der Waals surface area contributed by atoms with E-state index in [-0.39, 0.29) is 0 Å². The van der Waals surface area contributed by atoms with Crippen molar-refractivity contribution in [1.29, 1.82) is 5.41 Å². The Morgan fingerprint density at radius 3 is 2.67 bits per heavy atom. The van der Waals surface area contributed by atoms with Crippen molar-refractivity contribution in [2.24, 2.45) is 10.7 Å². The van der Waals surface area contributed by atoms with Crippen molar-refractivity contribution in [2.75, 3.05) is 12.3 Å². The molecule has 10 heteroatoms. The molecule has 0 aromatic carbocycles. The van der Waals surface area contributed by atoms with E-state index in [1.165, 1.54) is 18.9 Å². The van der Waals surface area contributed by atoms with E-state index in [2.05, 4.69) is 29.9 Å². The van der Waals surface area contributed by atoms with Gasteiger partial charge in [-0.2, -0.15) is 0 Å². The Balaban J connectivity index is 0.000000192. The number of imidazole rings is 1. The number of nitrogens with zero attached hydrogens (tertiary/aromatic N) is 5. The van der Waals surface area contributed by atoms with Crippen molar-refractivity contribution in [3.63, 3.8) is 0 Å². The fourth-order valence-corrected chi connectivity index (χ4v) is 1.37. The van der Waals surface area contributed by atoms with Gasteiger partial charge in [0, 0.05) is 18.9 Å². The molecule has 6 N–H and O–H groups in total. The van der Waals surface area contributed by atoms with Crippen molar-refractivity contribution in [3.8, 4) is 0 Å². The summed E-state index contributed by atoms with van der Waals surface area (Å²) in [5, 5.41) is 6.19. The van der Waals surface area contributed by atoms with Crippen LogP contribution in [0.1, 0.15) is 17.3 Å². The summed E-state index contributed by atoms with van der Waals surface area (Å²) < 4.78 is 0. The van der Waals surface area contributed by atoms with Crippen LogP contribution in [0, 0.1) is 5.41 Å². The Labute approximate surface area is 137 Å². The number of rotatable bonds is 2. The topological polar surface area (TPSA) is 173 Å². The van der Waals surface area contributed by atoms with Crippen LogP contribution >= 0.6 is 0 Å². The Bertz CT molecular complexity index is 809. The highest BCUT2D eigenvalue weighted by Crippen LogP contribution is 2.09. The van der Waals surface area contributed by atoms with Crippen molar-refractivity contribution >= 4 is 28.9 Å². The third kappa shape index (κ3) is 6.00. The largest absolute Gasteiger partial charge is 0.382 e. The van der Waals surface area contributed by atoms with E-state index in [4.69, 9.17) is 16.9 Å². The van der Waals surface area contributed by atoms with E-state index < -0.39 is 5.91 Å². The van der Waals surface area contributed by atoms with Gasteiger partial charge in [0.05, 0.1) is 17.9 Å². The van der Waals surface area contributed by atoms with Crippen LogP contribution in [0.15, 0.2) is 42.2 Å². The molecule has 124 valence electrons. The minimum absolute atomic E-state index is 0.433. The standard InChI is InChI=1S/C6H6N2O.C5H5N5.C3H6N2/c7-6(9)5-2-1-3-8-4-5;6-4-3-5(9-1-7-3)10-2-8-4;1-2-5-3-4/h1-4H,(H2,7,9);1-2H,(H3,6,7,8,9,10);4H,2H2,1H3. The Morgan fingerprint density at radius 2 is 2.21 bits per heavy atom. The molecule has 0 aliphatic heterocycles. The van der Waals surface area contributed by atoms with E-state index in [9.17, 15) is 4.79 Å². The zero-order valence-electron chi connectivity index (χ0n) is 13.0. The van der Waals surface area contributed by atoms with E-state index in [0.717, 1.165) is 0 Å². The summed E-state index contributed by atoms with van der Waals surface area (Å²) in [6.07, 6.45) is 5.95. The molecule has 0 saturated heterocycles. The first-order chi connectivity index (χ1) is 11.6. The first-order valence-electron chi connectivity index (χ1n) is 6.77. The van der Waals surface area contributed by atoms with Crippen LogP contribution in [0.25, 0.3) is 11.2 Å². The molecule has 0 bridgehead atoms. The molecule has 0 aliphatic carbocycles. The average Bonchev–Trinajstić information content (AvgIpc) is 3.08. The van der Waals surface area contributed by atoms with Gasteiger partial charge in [-0.3, -0.25) is 9.78 Å². The second-order valence-corrected chi connectivity index (χ2v) is 4.05. The highest BCUT2D eigenvalue weighted by Gasteiger charge is 1.99. The zero-order valence-corrected chi connectivity index (χ0v) is 13.0. The molecule has 0 spiro atoms. The van der Waals surface area contributed by atoms with E-state index in [1.807, 2.05) is 12.9 Å². The maximum absolute atomic E-state index is 10.4. The lowest BCUT2D eigenvalue weighted by Gasteiger charge is -1.89. The number of aromatic nitrogens is 5. The number of carbonyl (C=O) groups excluding carboxylic acids is 1. The Kier molecular flexibility index (Phi) is 7.77. The number of nitrogens with one attached hydrogen (secondary N) is 2. The minimum atomic E-state index is -0.442. The number of carbonyl (C=O) groups is 1. The van der Waals surface area contributed by atoms with Gasteiger partial charge in [0.25, 0.3) is 0 Å². The molecule has 0 saturated carbocycles. The van der Waals surface area contributed by atoms with E-state index in [1.54, 1.807) is 18.3 Å². The molecule has 0 fully saturated rings. The summed E-state index contributed by atoms with van der Waals surface area (Å²) >= 11 is 0. The zero-order chi connectivity index (χ0) is 17.8. The minimum Gasteiger partial charge on any atom is -0.382 e. The molecule has 10 nitrogen and oxygen atoms in total. The molecular formula is C14H17N9O. The van der Waals surface area contributed by atoms with Crippen LogP contribution in [0.4, 0.5) is 5.82 Å². The number of anilines is 1. The monoisotopic (exact) mass is 327 g/mol. The van der Waals surface area contributed by atoms with Crippen LogP contribution in [0.3, 0.4) is 0 Å². The van der Waals surface area contributed by atoms with Gasteiger partial charge in [0.1, 0.15) is 11.8 Å². The molecule has 3 heterocycles. The molecule has 1 amide bonds. The molecule has 3 rings (SSSR count). The van der Waals surface area contributed by atoms with Crippen LogP contribution in [-0.4, -0.2) is 43.4 Å². The number of amides is 1. The Hall–Kier alpha value is -3.65. The summed E-state index contributed by atoms with van der Waals surface area (Å²) in [6, 6.07) is 5.18. The van der Waals surface area contributed by atoms with Gasteiger partial charge in [-0.05, 0) is 19.1 Å². The maximum Gasteiger partial charge on any atom is 0.250 e. The van der Waals surface area contributed by atoms with Crippen LogP contribution in [0.2, 0.25) is 0 Å². The van der Waals surface area contributed by atoms with Crippen LogP contribution < -0.4 is 11.5 Å². The third-order valence-electron chi connectivity index (χ3n) is 2.44. The molecule has 0 unspecified atom stereocenters. The number of primary amides is 1. The number of pyridine rings is 1. The smallest absolute Gasteiger partial charge is 0.250 e. The summed E-state index contributed by atoms with van der Waals surface area (Å²) in [5.74, 6) is -0.00870. The second kappa shape index (κ2) is 10.1. The molecule has 24 heavy (non-hydrogen) atoms. The predicted molar refractivity (Wildman–Crippen MR) is 89.5 cm³/mol. The van der Waals surface area contributed by atoms with Crippen molar-refractivity contribution in [3.05, 3.63) is 42.7 Å². The lowest BCUT2D eigenvalue weighted by atomic mass is 10.3.